The van der Waals surface area contributed by atoms with Crippen LogP contribution in [0.2, 0.25) is 0 Å². The third-order valence-corrected chi connectivity index (χ3v) is 0.934. The Bertz CT molecular complexity index is 170. The van der Waals surface area contributed by atoms with Gasteiger partial charge in [0.15, 0.2) is 0 Å². The quantitative estimate of drug-likeness (QED) is 0.377. The van der Waals surface area contributed by atoms with E-state index in [9.17, 15) is 4.39 Å². The van der Waals surface area contributed by atoms with Crippen LogP contribution in [0.25, 0.3) is 0 Å². The highest BCUT2D eigenvalue weighted by molar-refractivity contribution is 7.58. The van der Waals surface area contributed by atoms with E-state index in [4.69, 9.17) is 0 Å². The molecule has 42 valence electrons. The van der Waals surface area contributed by atoms with Gasteiger partial charge in [0.25, 0.3) is 0 Å². The summed E-state index contributed by atoms with van der Waals surface area (Å²) in [7, 11) is 0. The van der Waals surface area contributed by atoms with Gasteiger partial charge in [-0.25, -0.2) is 9.37 Å². The van der Waals surface area contributed by atoms with Crippen molar-refractivity contribution in [3.8, 4) is 0 Å². The van der Waals surface area contributed by atoms with Crippen molar-refractivity contribution < 1.29 is 4.39 Å². The maximum atomic E-state index is 12.1. The minimum absolute atomic E-state index is 0.0278. The number of aromatic nitrogens is 2. The zero-order chi connectivity index (χ0) is 5.98. The van der Waals surface area contributed by atoms with E-state index >= 15 is 0 Å². The van der Waals surface area contributed by atoms with Crippen LogP contribution in [-0.4, -0.2) is 9.97 Å². The first-order valence-corrected chi connectivity index (χ1v) is 2.34. The summed E-state index contributed by atoms with van der Waals surface area (Å²) in [6.07, 6.45) is 2.25. The number of hydrogen-bond donors (Lipinski definition) is 0. The fourth-order valence-corrected chi connectivity index (χ4v) is 0.401. The van der Waals surface area contributed by atoms with Crippen molar-refractivity contribution in [1.29, 1.82) is 0 Å². The third-order valence-electron chi connectivity index (χ3n) is 0.634. The summed E-state index contributed by atoms with van der Waals surface area (Å²) in [4.78, 5) is 6.80. The molecule has 0 spiro atoms. The number of nitrogens with zero attached hydrogens (tertiary/aromatic N) is 2. The van der Waals surface area contributed by atoms with Gasteiger partial charge in [0.05, 0.1) is 6.20 Å². The summed E-state index contributed by atoms with van der Waals surface area (Å²) in [5, 5.41) is -0.0278. The molecule has 0 fully saturated rings. The van der Waals surface area contributed by atoms with Crippen LogP contribution in [0, 0.1) is 5.82 Å². The standard InChI is InChI=1S/C4H3FN2S/c5-3-1-6-2-7-4(3)8/h1-2H,(H,6,7,8)/p-1. The molecule has 1 rings (SSSR count). The number of halogens is 1. The average molecular weight is 129 g/mol. The van der Waals surface area contributed by atoms with Crippen molar-refractivity contribution in [2.24, 2.45) is 0 Å². The molecule has 0 aliphatic carbocycles. The molecule has 1 aromatic heterocycles. The predicted molar refractivity (Wildman–Crippen MR) is 27.6 cm³/mol. The second kappa shape index (κ2) is 2.00. The molecule has 0 aromatic carbocycles. The molecule has 0 N–H and O–H groups in total. The summed E-state index contributed by atoms with van der Waals surface area (Å²) in [6, 6.07) is 0. The highest BCUT2D eigenvalue weighted by Crippen LogP contribution is 1.96. The molecule has 0 bridgehead atoms. The summed E-state index contributed by atoms with van der Waals surface area (Å²) in [5.74, 6) is -0.539. The molecule has 0 aliphatic rings. The molecule has 0 unspecified atom stereocenters. The topological polar surface area (TPSA) is 25.8 Å². The lowest BCUT2D eigenvalue weighted by molar-refractivity contribution is 0.579. The van der Waals surface area contributed by atoms with Gasteiger partial charge in [-0.3, -0.25) is 4.98 Å². The highest BCUT2D eigenvalue weighted by Gasteiger charge is 1.84. The molecule has 4 heteroatoms. The minimum atomic E-state index is -0.539. The zero-order valence-corrected chi connectivity index (χ0v) is 4.65. The van der Waals surface area contributed by atoms with Crippen molar-refractivity contribution in [2.75, 3.05) is 0 Å². The predicted octanol–water partition coefficient (Wildman–Crippen LogP) is 0.521. The Labute approximate surface area is 51.2 Å². The Kier molecular flexibility index (Phi) is 1.34. The molecular weight excluding hydrogens is 127 g/mol. The van der Waals surface area contributed by atoms with Crippen molar-refractivity contribution in [3.05, 3.63) is 18.3 Å². The van der Waals surface area contributed by atoms with E-state index in [1.807, 2.05) is 0 Å². The van der Waals surface area contributed by atoms with Gasteiger partial charge in [0.2, 0.25) is 0 Å². The molecule has 0 radical (unpaired) electrons. The van der Waals surface area contributed by atoms with Gasteiger partial charge in [-0.2, -0.15) is 0 Å². The first-order valence-electron chi connectivity index (χ1n) is 1.93. The van der Waals surface area contributed by atoms with E-state index in [1.54, 1.807) is 0 Å². The van der Waals surface area contributed by atoms with E-state index in [0.717, 1.165) is 6.20 Å². The van der Waals surface area contributed by atoms with Crippen molar-refractivity contribution >= 4 is 12.6 Å². The van der Waals surface area contributed by atoms with Gasteiger partial charge >= 0.3 is 0 Å². The van der Waals surface area contributed by atoms with Crippen LogP contribution in [0.15, 0.2) is 17.6 Å². The van der Waals surface area contributed by atoms with Crippen molar-refractivity contribution in [3.63, 3.8) is 0 Å². The fourth-order valence-electron chi connectivity index (χ4n) is 0.301. The maximum Gasteiger partial charge on any atom is 0.140 e. The lowest BCUT2D eigenvalue weighted by Crippen LogP contribution is -1.85. The monoisotopic (exact) mass is 129 g/mol. The normalized spacial score (nSPS) is 9.12. The lowest BCUT2D eigenvalue weighted by Gasteiger charge is -2.00. The van der Waals surface area contributed by atoms with Crippen LogP contribution in [0.3, 0.4) is 0 Å². The van der Waals surface area contributed by atoms with Gasteiger partial charge in [-0.05, 0) is 5.03 Å². The smallest absolute Gasteiger partial charge is 0.140 e. The first kappa shape index (κ1) is 5.37. The van der Waals surface area contributed by atoms with Gasteiger partial charge in [-0.15, -0.1) is 0 Å². The molecule has 1 heterocycles. The van der Waals surface area contributed by atoms with E-state index < -0.39 is 5.82 Å². The summed E-state index contributed by atoms with van der Waals surface area (Å²) >= 11 is 4.43. The Hall–Kier alpha value is -0.770. The molecule has 0 amide bonds. The van der Waals surface area contributed by atoms with E-state index in [1.165, 1.54) is 6.33 Å². The van der Waals surface area contributed by atoms with Gasteiger partial charge in [0.1, 0.15) is 12.1 Å². The first-order chi connectivity index (χ1) is 3.80. The Balaban J connectivity index is 3.13. The molecule has 0 saturated heterocycles. The summed E-state index contributed by atoms with van der Waals surface area (Å²) in [6.45, 7) is 0. The van der Waals surface area contributed by atoms with Gasteiger partial charge in [0, 0.05) is 0 Å². The fraction of sp³-hybridized carbons (Fsp3) is 0. The molecule has 1 aromatic rings. The van der Waals surface area contributed by atoms with Crippen LogP contribution >= 0.6 is 0 Å². The van der Waals surface area contributed by atoms with Crippen LogP contribution in [-0.2, 0) is 12.6 Å². The molecule has 2 nitrogen and oxygen atoms in total. The Morgan fingerprint density at radius 3 is 2.75 bits per heavy atom. The number of hydrogen-bond acceptors (Lipinski definition) is 3. The van der Waals surface area contributed by atoms with E-state index in [2.05, 4.69) is 22.6 Å². The van der Waals surface area contributed by atoms with Crippen molar-refractivity contribution in [1.82, 2.24) is 9.97 Å². The second-order valence-electron chi connectivity index (χ2n) is 1.18. The molecule has 0 aliphatic heterocycles. The summed E-state index contributed by atoms with van der Waals surface area (Å²) in [5.41, 5.74) is 0. The third kappa shape index (κ3) is 0.894. The van der Waals surface area contributed by atoms with Crippen molar-refractivity contribution in [2.45, 2.75) is 5.03 Å². The minimum Gasteiger partial charge on any atom is -0.757 e. The van der Waals surface area contributed by atoms with Crippen LogP contribution in [0.5, 0.6) is 0 Å². The van der Waals surface area contributed by atoms with Gasteiger partial charge < -0.3 is 12.6 Å². The average Bonchev–Trinajstić information content (AvgIpc) is 1.77. The van der Waals surface area contributed by atoms with E-state index in [0.29, 0.717) is 0 Å². The van der Waals surface area contributed by atoms with Gasteiger partial charge in [-0.1, -0.05) is 0 Å². The maximum absolute atomic E-state index is 12.1. The molecule has 0 atom stereocenters. The van der Waals surface area contributed by atoms with E-state index in [-0.39, 0.29) is 5.03 Å². The van der Waals surface area contributed by atoms with Crippen LogP contribution < -0.4 is 0 Å². The second-order valence-corrected chi connectivity index (χ2v) is 1.56. The largest absolute Gasteiger partial charge is 0.757 e. The van der Waals surface area contributed by atoms with Crippen LogP contribution in [0.4, 0.5) is 4.39 Å². The lowest BCUT2D eigenvalue weighted by atomic mass is 10.6. The molecule has 0 saturated carbocycles. The zero-order valence-electron chi connectivity index (χ0n) is 3.84. The molecular formula is C4H2FN2S-. The highest BCUT2D eigenvalue weighted by atomic mass is 32.1. The van der Waals surface area contributed by atoms with Crippen LogP contribution in [0.1, 0.15) is 0 Å². The summed E-state index contributed by atoms with van der Waals surface area (Å²) < 4.78 is 12.1. The molecule has 8 heavy (non-hydrogen) atoms. The Morgan fingerprint density at radius 1 is 1.62 bits per heavy atom. The number of rotatable bonds is 0. The Morgan fingerprint density at radius 2 is 2.38 bits per heavy atom. The SMILES string of the molecule is Fc1cncnc1[S-].